The molecule has 1 aliphatic rings. The van der Waals surface area contributed by atoms with Crippen LogP contribution >= 0.6 is 0 Å². The van der Waals surface area contributed by atoms with E-state index in [9.17, 15) is 28.1 Å². The van der Waals surface area contributed by atoms with Crippen molar-refractivity contribution in [3.8, 4) is 11.3 Å². The second-order valence-electron chi connectivity index (χ2n) is 7.73. The minimum absolute atomic E-state index is 0.0375. The SMILES string of the molecule is CN1CCN(c2nc(-c3ccccc3C(F)(F)F)cc(NC(=O)c3cc[nH]n3)c2[N+](=O)[O-])CC1. The second kappa shape index (κ2) is 9.09. The van der Waals surface area contributed by atoms with Crippen LogP contribution in [0.25, 0.3) is 11.3 Å². The van der Waals surface area contributed by atoms with Crippen molar-refractivity contribution < 1.29 is 22.9 Å². The van der Waals surface area contributed by atoms with Gasteiger partial charge in [-0.15, -0.1) is 0 Å². The Balaban J connectivity index is 1.90. The summed E-state index contributed by atoms with van der Waals surface area (Å²) < 4.78 is 41.1. The number of hydrogen-bond donors (Lipinski definition) is 2. The maximum absolute atomic E-state index is 13.7. The van der Waals surface area contributed by atoms with Gasteiger partial charge >= 0.3 is 11.9 Å². The lowest BCUT2D eigenvalue weighted by molar-refractivity contribution is -0.383. The number of piperazine rings is 1. The van der Waals surface area contributed by atoms with E-state index in [1.54, 1.807) is 4.90 Å². The van der Waals surface area contributed by atoms with Gasteiger partial charge < -0.3 is 15.1 Å². The molecular weight excluding hydrogens is 455 g/mol. The Hall–Kier alpha value is -4.00. The van der Waals surface area contributed by atoms with E-state index in [1.165, 1.54) is 30.5 Å². The summed E-state index contributed by atoms with van der Waals surface area (Å²) in [6.45, 7) is 1.91. The van der Waals surface area contributed by atoms with Crippen LogP contribution in [0.5, 0.6) is 0 Å². The Morgan fingerprint density at radius 1 is 1.18 bits per heavy atom. The summed E-state index contributed by atoms with van der Waals surface area (Å²) in [7, 11) is 1.89. The molecule has 0 saturated carbocycles. The van der Waals surface area contributed by atoms with Crippen LogP contribution in [0, 0.1) is 10.1 Å². The number of likely N-dealkylation sites (N-methyl/N-ethyl adjacent to an activating group) is 1. The standard InChI is InChI=1S/C21H20F3N7O3/c1-29-8-10-30(11-9-29)19-18(31(33)34)17(27-20(32)15-6-7-25-28-15)12-16(26-19)13-4-2-3-5-14(13)21(22,23)24/h2-7,12H,8-11H2,1H3,(H,25,28)(H,26,27,32). The number of amides is 1. The molecule has 13 heteroatoms. The van der Waals surface area contributed by atoms with Crippen LogP contribution < -0.4 is 10.2 Å². The Morgan fingerprint density at radius 3 is 2.50 bits per heavy atom. The van der Waals surface area contributed by atoms with E-state index >= 15 is 0 Å². The summed E-state index contributed by atoms with van der Waals surface area (Å²) in [6, 6.07) is 7.28. The van der Waals surface area contributed by atoms with E-state index in [2.05, 4.69) is 20.5 Å². The monoisotopic (exact) mass is 475 g/mol. The molecule has 178 valence electrons. The van der Waals surface area contributed by atoms with Gasteiger partial charge in [-0.1, -0.05) is 18.2 Å². The molecule has 3 heterocycles. The molecule has 34 heavy (non-hydrogen) atoms. The van der Waals surface area contributed by atoms with Gasteiger partial charge in [0.2, 0.25) is 5.82 Å². The third-order valence-corrected chi connectivity index (χ3v) is 5.45. The maximum Gasteiger partial charge on any atom is 0.417 e. The first-order chi connectivity index (χ1) is 16.1. The summed E-state index contributed by atoms with van der Waals surface area (Å²) >= 11 is 0. The number of nitro groups is 1. The largest absolute Gasteiger partial charge is 0.417 e. The number of aromatic nitrogens is 3. The van der Waals surface area contributed by atoms with Crippen molar-refractivity contribution in [3.63, 3.8) is 0 Å². The third-order valence-electron chi connectivity index (χ3n) is 5.45. The number of pyridine rings is 1. The predicted octanol–water partition coefficient (Wildman–Crippen LogP) is 3.40. The number of aromatic amines is 1. The molecule has 0 atom stereocenters. The van der Waals surface area contributed by atoms with Crippen LogP contribution in [0.1, 0.15) is 16.1 Å². The number of alkyl halides is 3. The first-order valence-electron chi connectivity index (χ1n) is 10.3. The van der Waals surface area contributed by atoms with Crippen molar-refractivity contribution in [2.24, 2.45) is 0 Å². The van der Waals surface area contributed by atoms with E-state index in [1.807, 2.05) is 11.9 Å². The zero-order valence-electron chi connectivity index (χ0n) is 18.0. The highest BCUT2D eigenvalue weighted by molar-refractivity contribution is 6.05. The molecule has 2 N–H and O–H groups in total. The Morgan fingerprint density at radius 2 is 1.88 bits per heavy atom. The summed E-state index contributed by atoms with van der Waals surface area (Å²) in [5.74, 6) is -0.861. The quantitative estimate of drug-likeness (QED) is 0.429. The summed E-state index contributed by atoms with van der Waals surface area (Å²) in [5.41, 5.74) is -2.15. The molecule has 3 aromatic rings. The molecular formula is C21H20F3N7O3. The number of anilines is 2. The number of H-pyrrole nitrogens is 1. The number of halogens is 3. The lowest BCUT2D eigenvalue weighted by Crippen LogP contribution is -2.45. The van der Waals surface area contributed by atoms with Crippen molar-refractivity contribution in [3.05, 3.63) is 64.0 Å². The molecule has 0 radical (unpaired) electrons. The van der Waals surface area contributed by atoms with E-state index in [-0.39, 0.29) is 28.5 Å². The number of nitrogens with one attached hydrogen (secondary N) is 2. The van der Waals surface area contributed by atoms with Gasteiger partial charge in [-0.05, 0) is 25.2 Å². The fourth-order valence-corrected chi connectivity index (χ4v) is 3.70. The van der Waals surface area contributed by atoms with Crippen LogP contribution in [-0.4, -0.2) is 64.1 Å². The number of carbonyl (C=O) groups excluding carboxylic acids is 1. The minimum atomic E-state index is -4.67. The molecule has 0 unspecified atom stereocenters. The fraction of sp³-hybridized carbons (Fsp3) is 0.286. The number of nitrogens with zero attached hydrogens (tertiary/aromatic N) is 5. The van der Waals surface area contributed by atoms with Crippen molar-refractivity contribution >= 4 is 23.1 Å². The predicted molar refractivity (Wildman–Crippen MR) is 118 cm³/mol. The van der Waals surface area contributed by atoms with Crippen LogP contribution in [0.2, 0.25) is 0 Å². The second-order valence-corrected chi connectivity index (χ2v) is 7.73. The Kier molecular flexibility index (Phi) is 6.20. The fourth-order valence-electron chi connectivity index (χ4n) is 3.70. The molecule has 10 nitrogen and oxygen atoms in total. The Labute approximate surface area is 191 Å². The smallest absolute Gasteiger partial charge is 0.348 e. The maximum atomic E-state index is 13.7. The zero-order chi connectivity index (χ0) is 24.5. The molecule has 1 aliphatic heterocycles. The first kappa shape index (κ1) is 23.2. The zero-order valence-corrected chi connectivity index (χ0v) is 18.0. The highest BCUT2D eigenvalue weighted by Crippen LogP contribution is 2.41. The van der Waals surface area contributed by atoms with Crippen LogP contribution in [0.15, 0.2) is 42.6 Å². The van der Waals surface area contributed by atoms with Gasteiger partial charge in [0, 0.05) is 37.9 Å². The molecule has 1 amide bonds. The minimum Gasteiger partial charge on any atom is -0.348 e. The number of hydrogen-bond acceptors (Lipinski definition) is 7. The van der Waals surface area contributed by atoms with Crippen LogP contribution in [0.4, 0.5) is 30.4 Å². The summed E-state index contributed by atoms with van der Waals surface area (Å²) in [5, 5.41) is 20.7. The lowest BCUT2D eigenvalue weighted by atomic mass is 10.0. The van der Waals surface area contributed by atoms with Crippen molar-refractivity contribution in [2.75, 3.05) is 43.4 Å². The van der Waals surface area contributed by atoms with E-state index in [0.717, 1.165) is 12.1 Å². The highest BCUT2D eigenvalue weighted by atomic mass is 19.4. The summed E-state index contributed by atoms with van der Waals surface area (Å²) in [4.78, 5) is 32.0. The van der Waals surface area contributed by atoms with E-state index < -0.39 is 28.3 Å². The lowest BCUT2D eigenvalue weighted by Gasteiger charge is -2.33. The number of rotatable bonds is 5. The molecule has 0 bridgehead atoms. The van der Waals surface area contributed by atoms with Gasteiger partial charge in [0.15, 0.2) is 0 Å². The highest BCUT2D eigenvalue weighted by Gasteiger charge is 2.36. The van der Waals surface area contributed by atoms with Gasteiger partial charge in [0.25, 0.3) is 5.91 Å². The van der Waals surface area contributed by atoms with Crippen LogP contribution in [0.3, 0.4) is 0 Å². The molecule has 4 rings (SSSR count). The normalized spacial score (nSPS) is 14.8. The van der Waals surface area contributed by atoms with E-state index in [4.69, 9.17) is 0 Å². The van der Waals surface area contributed by atoms with Gasteiger partial charge in [-0.2, -0.15) is 18.3 Å². The molecule has 2 aromatic heterocycles. The summed E-state index contributed by atoms with van der Waals surface area (Å²) in [6.07, 6.45) is -3.27. The van der Waals surface area contributed by atoms with Crippen molar-refractivity contribution in [1.82, 2.24) is 20.1 Å². The molecule has 1 saturated heterocycles. The molecule has 0 spiro atoms. The Bertz CT molecular complexity index is 1210. The topological polar surface area (TPSA) is 120 Å². The molecule has 0 aliphatic carbocycles. The van der Waals surface area contributed by atoms with Crippen LogP contribution in [-0.2, 0) is 6.18 Å². The van der Waals surface area contributed by atoms with Gasteiger partial charge in [0.1, 0.15) is 11.4 Å². The third kappa shape index (κ3) is 4.69. The number of carbonyl (C=O) groups is 1. The average Bonchev–Trinajstić information content (AvgIpc) is 3.33. The first-order valence-corrected chi connectivity index (χ1v) is 10.3. The van der Waals surface area contributed by atoms with E-state index in [0.29, 0.717) is 26.2 Å². The molecule has 1 aromatic carbocycles. The molecule has 1 fully saturated rings. The average molecular weight is 475 g/mol. The van der Waals surface area contributed by atoms with Gasteiger partial charge in [0.05, 0.1) is 16.2 Å². The van der Waals surface area contributed by atoms with Gasteiger partial charge in [-0.25, -0.2) is 4.98 Å². The van der Waals surface area contributed by atoms with Crippen molar-refractivity contribution in [1.29, 1.82) is 0 Å². The van der Waals surface area contributed by atoms with Crippen molar-refractivity contribution in [2.45, 2.75) is 6.18 Å². The number of benzene rings is 1. The van der Waals surface area contributed by atoms with Gasteiger partial charge in [-0.3, -0.25) is 20.0 Å².